The molecule has 4 heterocycles. The van der Waals surface area contributed by atoms with Crippen LogP contribution >= 0.6 is 11.3 Å². The summed E-state index contributed by atoms with van der Waals surface area (Å²) in [6.07, 6.45) is 0. The van der Waals surface area contributed by atoms with Gasteiger partial charge in [0.15, 0.2) is 29.0 Å². The highest BCUT2D eigenvalue weighted by Crippen LogP contribution is 2.46. The van der Waals surface area contributed by atoms with Gasteiger partial charge in [0.05, 0.1) is 16.7 Å². The number of benzene rings is 7. The van der Waals surface area contributed by atoms with Crippen LogP contribution in [0.1, 0.15) is 0 Å². The van der Waals surface area contributed by atoms with Gasteiger partial charge in [-0.25, -0.2) is 15.0 Å². The predicted molar refractivity (Wildman–Crippen MR) is 209 cm³/mol. The van der Waals surface area contributed by atoms with E-state index in [0.29, 0.717) is 17.5 Å². The molecule has 0 aliphatic carbocycles. The second kappa shape index (κ2) is 10.9. The zero-order chi connectivity index (χ0) is 33.5. The van der Waals surface area contributed by atoms with Crippen LogP contribution in [-0.2, 0) is 0 Å². The van der Waals surface area contributed by atoms with Gasteiger partial charge in [0.1, 0.15) is 0 Å². The summed E-state index contributed by atoms with van der Waals surface area (Å²) in [4.78, 5) is 15.1. The van der Waals surface area contributed by atoms with Crippen LogP contribution in [0.2, 0.25) is 0 Å². The van der Waals surface area contributed by atoms with Gasteiger partial charge in [-0.3, -0.25) is 0 Å². The molecule has 51 heavy (non-hydrogen) atoms. The zero-order valence-corrected chi connectivity index (χ0v) is 27.9. The predicted octanol–water partition coefficient (Wildman–Crippen LogP) is 12.1. The van der Waals surface area contributed by atoms with E-state index in [9.17, 15) is 0 Å². The van der Waals surface area contributed by atoms with E-state index in [4.69, 9.17) is 19.7 Å². The van der Waals surface area contributed by atoms with Crippen molar-refractivity contribution >= 4 is 53.3 Å². The minimum absolute atomic E-state index is 0.657. The summed E-state index contributed by atoms with van der Waals surface area (Å²) in [6.45, 7) is 0. The Bertz CT molecular complexity index is 2940. The average Bonchev–Trinajstić information content (AvgIpc) is 3.75. The number of thiophene rings is 1. The summed E-state index contributed by atoms with van der Waals surface area (Å²) >= 11 is 1.80. The minimum Gasteiger partial charge on any atom is -0.453 e. The van der Waals surface area contributed by atoms with Gasteiger partial charge < -0.3 is 9.30 Å². The van der Waals surface area contributed by atoms with Crippen LogP contribution in [-0.4, -0.2) is 19.5 Å². The van der Waals surface area contributed by atoms with Crippen LogP contribution < -0.4 is 4.74 Å². The number of ether oxygens (including phenoxy) is 1. The Balaban J connectivity index is 1.10. The molecule has 0 bridgehead atoms. The Morgan fingerprint density at radius 1 is 0.451 bits per heavy atom. The van der Waals surface area contributed by atoms with Gasteiger partial charge in [-0.05, 0) is 59.7 Å². The molecule has 0 amide bonds. The van der Waals surface area contributed by atoms with E-state index in [-0.39, 0.29) is 0 Å². The molecule has 3 aromatic heterocycles. The number of para-hydroxylation sites is 3. The van der Waals surface area contributed by atoms with Gasteiger partial charge in [-0.15, -0.1) is 11.3 Å². The van der Waals surface area contributed by atoms with Crippen molar-refractivity contribution in [2.24, 2.45) is 0 Å². The number of nitrogens with zero attached hydrogens (tertiary/aromatic N) is 4. The molecule has 0 N–H and O–H groups in total. The van der Waals surface area contributed by atoms with E-state index in [1.54, 1.807) is 11.3 Å². The molecule has 0 atom stereocenters. The Morgan fingerprint density at radius 2 is 1.10 bits per heavy atom. The van der Waals surface area contributed by atoms with E-state index in [1.807, 2.05) is 72.8 Å². The maximum Gasteiger partial charge on any atom is 0.164 e. The Kier molecular flexibility index (Phi) is 6.05. The lowest BCUT2D eigenvalue weighted by molar-refractivity contribution is 0.476. The van der Waals surface area contributed by atoms with Crippen molar-refractivity contribution in [2.45, 2.75) is 0 Å². The first-order valence-electron chi connectivity index (χ1n) is 16.9. The molecule has 6 heteroatoms. The van der Waals surface area contributed by atoms with Gasteiger partial charge in [0.25, 0.3) is 0 Å². The van der Waals surface area contributed by atoms with E-state index < -0.39 is 0 Å². The van der Waals surface area contributed by atoms with Crippen LogP contribution in [0.25, 0.3) is 93.0 Å². The second-order valence-electron chi connectivity index (χ2n) is 12.8. The van der Waals surface area contributed by atoms with E-state index >= 15 is 0 Å². The molecule has 0 fully saturated rings. The maximum atomic E-state index is 6.35. The highest BCUT2D eigenvalue weighted by molar-refractivity contribution is 7.26. The van der Waals surface area contributed by atoms with E-state index in [0.717, 1.165) is 55.9 Å². The van der Waals surface area contributed by atoms with Gasteiger partial charge in [0, 0.05) is 47.6 Å². The van der Waals surface area contributed by atoms with Gasteiger partial charge in [-0.2, -0.15) is 0 Å². The van der Waals surface area contributed by atoms with E-state index in [2.05, 4.69) is 89.5 Å². The molecule has 5 nitrogen and oxygen atoms in total. The average molecular weight is 671 g/mol. The molecule has 11 rings (SSSR count). The lowest BCUT2D eigenvalue weighted by atomic mass is 9.99. The molecule has 0 saturated carbocycles. The quantitative estimate of drug-likeness (QED) is 0.187. The molecule has 238 valence electrons. The fraction of sp³-hybridized carbons (Fsp3) is 0. The smallest absolute Gasteiger partial charge is 0.164 e. The third kappa shape index (κ3) is 4.37. The highest BCUT2D eigenvalue weighted by atomic mass is 32.1. The summed E-state index contributed by atoms with van der Waals surface area (Å²) in [5, 5.41) is 4.73. The van der Waals surface area contributed by atoms with Crippen molar-refractivity contribution in [3.05, 3.63) is 158 Å². The third-order valence-corrected chi connectivity index (χ3v) is 11.0. The lowest BCUT2D eigenvalue weighted by Gasteiger charge is -2.20. The van der Waals surface area contributed by atoms with Crippen molar-refractivity contribution in [2.75, 3.05) is 0 Å². The topological polar surface area (TPSA) is 52.8 Å². The normalized spacial score (nSPS) is 12.1. The number of rotatable bonds is 4. The minimum atomic E-state index is 0.657. The van der Waals surface area contributed by atoms with Gasteiger partial charge in [0.2, 0.25) is 0 Å². The largest absolute Gasteiger partial charge is 0.453 e. The van der Waals surface area contributed by atoms with Crippen molar-refractivity contribution in [3.8, 4) is 62.5 Å². The molecule has 7 aromatic carbocycles. The van der Waals surface area contributed by atoms with Crippen LogP contribution in [0.15, 0.2) is 158 Å². The molecule has 1 aliphatic heterocycles. The molecule has 10 aromatic rings. The summed E-state index contributed by atoms with van der Waals surface area (Å²) in [5.41, 5.74) is 8.57. The standard InChI is InChI=1S/C45H26N4OS/c1-3-11-27(12-4-1)43-46-44(28-13-5-2-6-14-28)48-45(47-43)32-16-10-20-40-41(32)34-26-30(22-24-39(34)51-40)29-21-23-35-33(25-29)31-15-9-19-38-42(31)49(35)36-17-7-8-18-37(36)50-38/h1-26H. The molecular formula is C45H26N4OS. The molecule has 0 unspecified atom stereocenters. The van der Waals surface area contributed by atoms with Crippen molar-refractivity contribution in [1.29, 1.82) is 0 Å². The summed E-state index contributed by atoms with van der Waals surface area (Å²) in [5.74, 6) is 3.73. The van der Waals surface area contributed by atoms with Crippen molar-refractivity contribution in [1.82, 2.24) is 19.5 Å². The van der Waals surface area contributed by atoms with Crippen LogP contribution in [0, 0.1) is 0 Å². The summed E-state index contributed by atoms with van der Waals surface area (Å²) in [6, 6.07) is 54.9. The summed E-state index contributed by atoms with van der Waals surface area (Å²) < 4.78 is 11.1. The number of hydrogen-bond acceptors (Lipinski definition) is 5. The first-order valence-corrected chi connectivity index (χ1v) is 17.8. The fourth-order valence-electron chi connectivity index (χ4n) is 7.52. The lowest BCUT2D eigenvalue weighted by Crippen LogP contribution is -2.03. The third-order valence-electron chi connectivity index (χ3n) is 9.84. The van der Waals surface area contributed by atoms with Crippen LogP contribution in [0.4, 0.5) is 0 Å². The van der Waals surface area contributed by atoms with Crippen LogP contribution in [0.3, 0.4) is 0 Å². The monoisotopic (exact) mass is 670 g/mol. The highest BCUT2D eigenvalue weighted by Gasteiger charge is 2.24. The molecular weight excluding hydrogens is 645 g/mol. The first kappa shape index (κ1) is 28.2. The van der Waals surface area contributed by atoms with Crippen LogP contribution in [0.5, 0.6) is 11.5 Å². The molecule has 0 saturated heterocycles. The molecule has 1 aliphatic rings. The second-order valence-corrected chi connectivity index (χ2v) is 13.9. The van der Waals surface area contributed by atoms with Gasteiger partial charge in [-0.1, -0.05) is 109 Å². The maximum absolute atomic E-state index is 6.35. The summed E-state index contributed by atoms with van der Waals surface area (Å²) in [7, 11) is 0. The van der Waals surface area contributed by atoms with Crippen molar-refractivity contribution < 1.29 is 4.74 Å². The number of fused-ring (bicyclic) bond motifs is 8. The van der Waals surface area contributed by atoms with E-state index in [1.165, 1.54) is 31.1 Å². The zero-order valence-electron chi connectivity index (χ0n) is 27.1. The number of aromatic nitrogens is 4. The first-order chi connectivity index (χ1) is 25.3. The number of hydrogen-bond donors (Lipinski definition) is 0. The SMILES string of the molecule is c1ccc(-c2nc(-c3ccccc3)nc(-c3cccc4sc5ccc(-c6ccc7c(c6)c6cccc8c6n7-c6ccccc6O8)cc5c34)n2)cc1. The Labute approximate surface area is 296 Å². The fourth-order valence-corrected chi connectivity index (χ4v) is 8.63. The Hall–Kier alpha value is -6.63. The Morgan fingerprint density at radius 3 is 1.88 bits per heavy atom. The molecule has 0 radical (unpaired) electrons. The van der Waals surface area contributed by atoms with Gasteiger partial charge >= 0.3 is 0 Å². The van der Waals surface area contributed by atoms with Crippen molar-refractivity contribution in [3.63, 3.8) is 0 Å². The molecule has 0 spiro atoms.